The second-order valence-corrected chi connectivity index (χ2v) is 7.47. The van der Waals surface area contributed by atoms with Crippen LogP contribution < -0.4 is 10.6 Å². The van der Waals surface area contributed by atoms with Crippen LogP contribution in [-0.4, -0.2) is 65.7 Å². The van der Waals surface area contributed by atoms with Crippen LogP contribution >= 0.6 is 36.6 Å². The van der Waals surface area contributed by atoms with Crippen molar-refractivity contribution < 1.29 is 9.90 Å². The Morgan fingerprint density at radius 3 is 2.52 bits per heavy atom. The summed E-state index contributed by atoms with van der Waals surface area (Å²) in [6, 6.07) is 7.81. The van der Waals surface area contributed by atoms with Crippen molar-refractivity contribution in [3.63, 3.8) is 0 Å². The monoisotopic (exact) mass is 407 g/mol. The summed E-state index contributed by atoms with van der Waals surface area (Å²) in [5.41, 5.74) is 2.12. The normalized spacial score (nSPS) is 23.4. The van der Waals surface area contributed by atoms with Crippen molar-refractivity contribution >= 4 is 48.2 Å². The number of hydrogen-bond acceptors (Lipinski definition) is 5. The van der Waals surface area contributed by atoms with Crippen LogP contribution in [0.4, 0.5) is 5.69 Å². The van der Waals surface area contributed by atoms with E-state index >= 15 is 0 Å². The molecule has 3 N–H and O–H groups in total. The van der Waals surface area contributed by atoms with Gasteiger partial charge >= 0.3 is 0 Å². The van der Waals surface area contributed by atoms with Gasteiger partial charge in [-0.25, -0.2) is 0 Å². The molecular weight excluding hydrogens is 381 g/mol. The fourth-order valence-electron chi connectivity index (χ4n) is 3.01. The van der Waals surface area contributed by atoms with E-state index in [1.807, 2.05) is 23.9 Å². The standard InChI is InChI=1S/C17H25N3O2S.2ClH/c21-15-11-16(18-12-15)17(22)19-14-3-1-13(2-4-14)5-6-20-7-9-23-10-8-20;;/h1-4,15-16,18,21H,5-12H2,(H,19,22);2*1H. The van der Waals surface area contributed by atoms with Crippen molar-refractivity contribution in [2.24, 2.45) is 0 Å². The van der Waals surface area contributed by atoms with Gasteiger partial charge in [-0.3, -0.25) is 4.79 Å². The average molecular weight is 408 g/mol. The molecule has 1 aromatic rings. The van der Waals surface area contributed by atoms with Gasteiger partial charge in [0.2, 0.25) is 5.91 Å². The molecule has 3 rings (SSSR count). The fraction of sp³-hybridized carbons (Fsp3) is 0.588. The summed E-state index contributed by atoms with van der Waals surface area (Å²) in [6.07, 6.45) is 1.12. The number of anilines is 1. The maximum Gasteiger partial charge on any atom is 0.241 e. The number of aliphatic hydroxyl groups excluding tert-OH is 1. The quantitative estimate of drug-likeness (QED) is 0.694. The van der Waals surface area contributed by atoms with Crippen LogP contribution in [-0.2, 0) is 11.2 Å². The first-order valence-electron chi connectivity index (χ1n) is 8.32. The van der Waals surface area contributed by atoms with Gasteiger partial charge in [-0.2, -0.15) is 11.8 Å². The molecule has 1 amide bonds. The summed E-state index contributed by atoms with van der Waals surface area (Å²) in [5, 5.41) is 15.4. The van der Waals surface area contributed by atoms with Crippen molar-refractivity contribution in [2.75, 3.05) is 43.0 Å². The third kappa shape index (κ3) is 6.96. The Hall–Kier alpha value is -0.500. The minimum atomic E-state index is -0.415. The van der Waals surface area contributed by atoms with Crippen LogP contribution in [0.5, 0.6) is 0 Å². The number of β-amino-alcohol motifs (C(OH)–C–C–N with tert-alkyl or cyclic N) is 1. The van der Waals surface area contributed by atoms with E-state index in [9.17, 15) is 9.90 Å². The van der Waals surface area contributed by atoms with E-state index in [0.717, 1.165) is 18.7 Å². The molecule has 8 heteroatoms. The van der Waals surface area contributed by atoms with E-state index in [-0.39, 0.29) is 36.8 Å². The molecule has 1 aromatic carbocycles. The van der Waals surface area contributed by atoms with Gasteiger partial charge in [-0.05, 0) is 30.5 Å². The predicted octanol–water partition coefficient (Wildman–Crippen LogP) is 1.78. The molecule has 2 atom stereocenters. The average Bonchev–Trinajstić information content (AvgIpc) is 3.02. The molecule has 2 fully saturated rings. The molecule has 0 aliphatic carbocycles. The highest BCUT2D eigenvalue weighted by atomic mass is 35.5. The second-order valence-electron chi connectivity index (χ2n) is 6.24. The lowest BCUT2D eigenvalue weighted by Crippen LogP contribution is -2.35. The fourth-order valence-corrected chi connectivity index (χ4v) is 3.99. The van der Waals surface area contributed by atoms with E-state index in [4.69, 9.17) is 0 Å². The summed E-state index contributed by atoms with van der Waals surface area (Å²) in [6.45, 7) is 3.99. The highest BCUT2D eigenvalue weighted by Crippen LogP contribution is 2.14. The first-order valence-corrected chi connectivity index (χ1v) is 9.47. The number of nitrogens with one attached hydrogen (secondary N) is 2. The van der Waals surface area contributed by atoms with Crippen LogP contribution in [0.3, 0.4) is 0 Å². The van der Waals surface area contributed by atoms with Crippen molar-refractivity contribution in [1.29, 1.82) is 0 Å². The smallest absolute Gasteiger partial charge is 0.241 e. The molecule has 2 aliphatic rings. The van der Waals surface area contributed by atoms with Crippen molar-refractivity contribution in [3.05, 3.63) is 29.8 Å². The number of carbonyl (C=O) groups excluding carboxylic acids is 1. The minimum Gasteiger partial charge on any atom is -0.392 e. The van der Waals surface area contributed by atoms with E-state index in [0.29, 0.717) is 13.0 Å². The largest absolute Gasteiger partial charge is 0.392 e. The van der Waals surface area contributed by atoms with Gasteiger partial charge in [-0.1, -0.05) is 12.1 Å². The summed E-state index contributed by atoms with van der Waals surface area (Å²) < 4.78 is 0. The van der Waals surface area contributed by atoms with Gasteiger partial charge in [0.25, 0.3) is 0 Å². The summed E-state index contributed by atoms with van der Waals surface area (Å²) in [5.74, 6) is 2.42. The zero-order valence-electron chi connectivity index (χ0n) is 14.1. The molecule has 2 saturated heterocycles. The number of halogens is 2. The summed E-state index contributed by atoms with van der Waals surface area (Å²) >= 11 is 2.04. The Morgan fingerprint density at radius 2 is 1.92 bits per heavy atom. The van der Waals surface area contributed by atoms with Crippen LogP contribution in [0, 0.1) is 0 Å². The second kappa shape index (κ2) is 11.3. The van der Waals surface area contributed by atoms with Gasteiger partial charge in [-0.15, -0.1) is 24.8 Å². The van der Waals surface area contributed by atoms with Crippen LogP contribution in [0.25, 0.3) is 0 Å². The van der Waals surface area contributed by atoms with E-state index in [1.54, 1.807) is 0 Å². The molecule has 0 bridgehead atoms. The minimum absolute atomic E-state index is 0. The summed E-state index contributed by atoms with van der Waals surface area (Å²) in [4.78, 5) is 14.6. The molecule has 0 spiro atoms. The third-order valence-corrected chi connectivity index (χ3v) is 5.41. The molecule has 142 valence electrons. The van der Waals surface area contributed by atoms with Crippen LogP contribution in [0.2, 0.25) is 0 Å². The lowest BCUT2D eigenvalue weighted by atomic mass is 10.1. The first kappa shape index (κ1) is 22.5. The van der Waals surface area contributed by atoms with Crippen LogP contribution in [0.1, 0.15) is 12.0 Å². The highest BCUT2D eigenvalue weighted by Gasteiger charge is 2.27. The molecule has 25 heavy (non-hydrogen) atoms. The maximum atomic E-state index is 12.1. The molecule has 5 nitrogen and oxygen atoms in total. The topological polar surface area (TPSA) is 64.6 Å². The van der Waals surface area contributed by atoms with Gasteiger partial charge in [0.15, 0.2) is 0 Å². The number of aliphatic hydroxyl groups is 1. The van der Waals surface area contributed by atoms with Crippen LogP contribution in [0.15, 0.2) is 24.3 Å². The Bertz CT molecular complexity index is 527. The van der Waals surface area contributed by atoms with Gasteiger partial charge < -0.3 is 20.6 Å². The molecule has 0 radical (unpaired) electrons. The lowest BCUT2D eigenvalue weighted by molar-refractivity contribution is -0.117. The van der Waals surface area contributed by atoms with Crippen molar-refractivity contribution in [2.45, 2.75) is 25.0 Å². The number of amides is 1. The number of carbonyl (C=O) groups is 1. The van der Waals surface area contributed by atoms with E-state index in [1.165, 1.54) is 30.2 Å². The summed E-state index contributed by atoms with van der Waals surface area (Å²) in [7, 11) is 0. The highest BCUT2D eigenvalue weighted by molar-refractivity contribution is 7.99. The van der Waals surface area contributed by atoms with E-state index < -0.39 is 6.10 Å². The van der Waals surface area contributed by atoms with Gasteiger partial charge in [0.1, 0.15) is 0 Å². The van der Waals surface area contributed by atoms with E-state index in [2.05, 4.69) is 27.7 Å². The number of nitrogens with zero attached hydrogens (tertiary/aromatic N) is 1. The zero-order chi connectivity index (χ0) is 16.1. The molecule has 2 unspecified atom stereocenters. The van der Waals surface area contributed by atoms with Gasteiger partial charge in [0, 0.05) is 43.4 Å². The molecule has 0 saturated carbocycles. The molecule has 0 aromatic heterocycles. The predicted molar refractivity (Wildman–Crippen MR) is 109 cm³/mol. The SMILES string of the molecule is Cl.Cl.O=C(Nc1ccc(CCN2CCSCC2)cc1)C1CC(O)CN1. The number of benzene rings is 1. The molecule has 2 heterocycles. The molecular formula is C17H27Cl2N3O2S. The Morgan fingerprint density at radius 1 is 1.24 bits per heavy atom. The zero-order valence-corrected chi connectivity index (χ0v) is 16.6. The third-order valence-electron chi connectivity index (χ3n) is 4.47. The number of hydrogen-bond donors (Lipinski definition) is 3. The van der Waals surface area contributed by atoms with Crippen molar-refractivity contribution in [3.8, 4) is 0 Å². The maximum absolute atomic E-state index is 12.1. The Balaban J connectivity index is 0.00000156. The molecule has 2 aliphatic heterocycles. The van der Waals surface area contributed by atoms with Gasteiger partial charge in [0.05, 0.1) is 12.1 Å². The first-order chi connectivity index (χ1) is 11.2. The Labute approximate surface area is 166 Å². The van der Waals surface area contributed by atoms with Crippen molar-refractivity contribution in [1.82, 2.24) is 10.2 Å². The number of thioether (sulfide) groups is 1. The Kier molecular flexibility index (Phi) is 10.2. The number of rotatable bonds is 5. The lowest BCUT2D eigenvalue weighted by Gasteiger charge is -2.26.